The lowest BCUT2D eigenvalue weighted by Crippen LogP contribution is -2.31. The van der Waals surface area contributed by atoms with Crippen molar-refractivity contribution < 1.29 is 0 Å². The average Bonchev–Trinajstić information content (AvgIpc) is 1.84. The van der Waals surface area contributed by atoms with Gasteiger partial charge in [-0.1, -0.05) is 44.8 Å². The number of hydrogen-bond acceptors (Lipinski definition) is 0. The van der Waals surface area contributed by atoms with Crippen molar-refractivity contribution in [3.8, 4) is 0 Å². The highest BCUT2D eigenvalue weighted by atomic mass is 14.3. The van der Waals surface area contributed by atoms with Gasteiger partial charge < -0.3 is 0 Å². The molecule has 0 nitrogen and oxygen atoms in total. The Balaban J connectivity index is 2.44. The van der Waals surface area contributed by atoms with Gasteiger partial charge in [-0.15, -0.1) is 0 Å². The predicted molar refractivity (Wildman–Crippen MR) is 47.5 cm³/mol. The summed E-state index contributed by atoms with van der Waals surface area (Å²) in [5.41, 5.74) is 0. The third kappa shape index (κ3) is 1.26. The zero-order valence-electron chi connectivity index (χ0n) is 7.06. The van der Waals surface area contributed by atoms with Crippen LogP contribution in [-0.4, -0.2) is 14.9 Å². The summed E-state index contributed by atoms with van der Waals surface area (Å²) in [5.74, 6) is 0.877. The van der Waals surface area contributed by atoms with E-state index in [1.807, 2.05) is 7.17 Å². The van der Waals surface area contributed by atoms with Gasteiger partial charge in [-0.25, -0.2) is 0 Å². The first-order valence-corrected chi connectivity index (χ1v) is 4.29. The molecule has 1 rings (SSSR count). The number of hydrogen-bond donors (Lipinski definition) is 0. The highest BCUT2D eigenvalue weighted by molar-refractivity contribution is 6.91. The molecule has 0 amide bonds. The zero-order chi connectivity index (χ0) is 7.61. The van der Waals surface area contributed by atoms with E-state index < -0.39 is 0 Å². The maximum Gasteiger partial charge on any atom is 0.0630 e. The second-order valence-electron chi connectivity index (χ2n) is 3.65. The second-order valence-corrected chi connectivity index (χ2v) is 3.65. The van der Waals surface area contributed by atoms with E-state index in [4.69, 9.17) is 7.74 Å². The lowest BCUT2D eigenvalue weighted by atomic mass is 9.34. The molecule has 0 N–H and O–H groups in total. The molecule has 0 aliphatic heterocycles. The van der Waals surface area contributed by atoms with Crippen LogP contribution in [0.25, 0.3) is 0 Å². The Labute approximate surface area is 66.4 Å². The van der Waals surface area contributed by atoms with Crippen LogP contribution in [0.15, 0.2) is 0 Å². The van der Waals surface area contributed by atoms with Crippen molar-refractivity contribution in [2.75, 3.05) is 0 Å². The molecule has 0 heterocycles. The summed E-state index contributed by atoms with van der Waals surface area (Å²) < 4.78 is 0. The maximum absolute atomic E-state index is 5.60. The summed E-state index contributed by atoms with van der Waals surface area (Å²) in [6.07, 6.45) is 5.37. The molecule has 0 saturated heterocycles. The molecule has 0 aromatic heterocycles. The molecule has 1 atom stereocenters. The van der Waals surface area contributed by atoms with Crippen LogP contribution in [0.1, 0.15) is 39.5 Å². The van der Waals surface area contributed by atoms with Crippen molar-refractivity contribution in [2.24, 2.45) is 5.92 Å². The van der Waals surface area contributed by atoms with Crippen LogP contribution in [0.3, 0.4) is 0 Å². The van der Waals surface area contributed by atoms with Crippen molar-refractivity contribution in [2.45, 2.75) is 44.8 Å². The maximum atomic E-state index is 5.60. The normalized spacial score (nSPS) is 25.0. The molecule has 1 fully saturated rings. The van der Waals surface area contributed by atoms with Gasteiger partial charge in [-0.3, -0.25) is 0 Å². The van der Waals surface area contributed by atoms with Gasteiger partial charge in [-0.2, -0.15) is 0 Å². The summed E-state index contributed by atoms with van der Waals surface area (Å²) in [6, 6.07) is 0. The first-order chi connectivity index (χ1) is 4.73. The SMILES string of the molecule is [B][B]C(C)(CC)C1CCC1. The molecular weight excluding hydrogens is 118 g/mol. The summed E-state index contributed by atoms with van der Waals surface area (Å²) in [4.78, 5) is 0. The van der Waals surface area contributed by atoms with Crippen molar-refractivity contribution >= 4 is 14.9 Å². The molecule has 1 aliphatic rings. The first kappa shape index (κ1) is 8.23. The highest BCUT2D eigenvalue weighted by Crippen LogP contribution is 2.48. The summed E-state index contributed by atoms with van der Waals surface area (Å²) in [6.45, 7) is 4.50. The van der Waals surface area contributed by atoms with Crippen LogP contribution < -0.4 is 0 Å². The fourth-order valence-corrected chi connectivity index (χ4v) is 1.61. The molecule has 0 spiro atoms. The molecule has 53 valence electrons. The molecule has 10 heavy (non-hydrogen) atoms. The van der Waals surface area contributed by atoms with Crippen LogP contribution in [0.5, 0.6) is 0 Å². The molecule has 0 bridgehead atoms. The topological polar surface area (TPSA) is 0 Å². The van der Waals surface area contributed by atoms with E-state index in [1.54, 1.807) is 0 Å². The molecular formula is C8H15B2. The van der Waals surface area contributed by atoms with Gasteiger partial charge in [-0.05, 0) is 5.92 Å². The minimum absolute atomic E-state index is 0.332. The van der Waals surface area contributed by atoms with Gasteiger partial charge in [0.2, 0.25) is 0 Å². The van der Waals surface area contributed by atoms with Crippen LogP contribution >= 0.6 is 0 Å². The van der Waals surface area contributed by atoms with Gasteiger partial charge in [0, 0.05) is 7.74 Å². The Bertz CT molecular complexity index is 104. The summed E-state index contributed by atoms with van der Waals surface area (Å²) in [5, 5.41) is 0.332. The Hall–Kier alpha value is 0.130. The quantitative estimate of drug-likeness (QED) is 0.517. The van der Waals surface area contributed by atoms with Crippen molar-refractivity contribution in [1.82, 2.24) is 0 Å². The molecule has 3 radical (unpaired) electrons. The van der Waals surface area contributed by atoms with E-state index in [0.29, 0.717) is 5.31 Å². The van der Waals surface area contributed by atoms with Crippen LogP contribution in [0.2, 0.25) is 5.31 Å². The van der Waals surface area contributed by atoms with E-state index in [9.17, 15) is 0 Å². The monoisotopic (exact) mass is 133 g/mol. The lowest BCUT2D eigenvalue weighted by Gasteiger charge is -2.42. The molecule has 1 saturated carbocycles. The molecule has 2 heteroatoms. The first-order valence-electron chi connectivity index (χ1n) is 4.29. The zero-order valence-corrected chi connectivity index (χ0v) is 7.06. The van der Waals surface area contributed by atoms with Crippen molar-refractivity contribution in [1.29, 1.82) is 0 Å². The molecule has 1 aliphatic carbocycles. The molecule has 0 aromatic rings. The Morgan fingerprint density at radius 2 is 2.20 bits per heavy atom. The Kier molecular flexibility index (Phi) is 2.49. The van der Waals surface area contributed by atoms with E-state index in [2.05, 4.69) is 13.8 Å². The fraction of sp³-hybridized carbons (Fsp3) is 1.00. The van der Waals surface area contributed by atoms with Crippen molar-refractivity contribution in [3.63, 3.8) is 0 Å². The van der Waals surface area contributed by atoms with Gasteiger partial charge >= 0.3 is 0 Å². The molecule has 1 unspecified atom stereocenters. The predicted octanol–water partition coefficient (Wildman–Crippen LogP) is 2.16. The lowest BCUT2D eigenvalue weighted by molar-refractivity contribution is 0.229. The minimum atomic E-state index is 0.332. The standard InChI is InChI=1S/C8H15B2/c1-3-8(2,10-9)7-5-4-6-7/h7H,3-6H2,1-2H3. The third-order valence-corrected chi connectivity index (χ3v) is 3.18. The van der Waals surface area contributed by atoms with Crippen LogP contribution in [-0.2, 0) is 0 Å². The summed E-state index contributed by atoms with van der Waals surface area (Å²) in [7, 11) is 7.50. The van der Waals surface area contributed by atoms with E-state index in [-0.39, 0.29) is 0 Å². The fourth-order valence-electron chi connectivity index (χ4n) is 1.61. The minimum Gasteiger partial charge on any atom is -0.0674 e. The van der Waals surface area contributed by atoms with Crippen LogP contribution in [0, 0.1) is 5.92 Å². The smallest absolute Gasteiger partial charge is 0.0630 e. The van der Waals surface area contributed by atoms with Crippen LogP contribution in [0.4, 0.5) is 0 Å². The van der Waals surface area contributed by atoms with Gasteiger partial charge in [0.1, 0.15) is 0 Å². The molecule has 0 aromatic carbocycles. The Morgan fingerprint density at radius 3 is 2.30 bits per heavy atom. The second kappa shape index (κ2) is 3.02. The van der Waals surface area contributed by atoms with Crippen molar-refractivity contribution in [3.05, 3.63) is 0 Å². The average molecular weight is 133 g/mol. The Morgan fingerprint density at radius 1 is 1.60 bits per heavy atom. The van der Waals surface area contributed by atoms with E-state index in [1.165, 1.54) is 25.7 Å². The van der Waals surface area contributed by atoms with Gasteiger partial charge in [0.25, 0.3) is 0 Å². The third-order valence-electron chi connectivity index (χ3n) is 3.18. The van der Waals surface area contributed by atoms with Gasteiger partial charge in [0.15, 0.2) is 0 Å². The summed E-state index contributed by atoms with van der Waals surface area (Å²) >= 11 is 0. The largest absolute Gasteiger partial charge is 0.0674 e. The highest BCUT2D eigenvalue weighted by Gasteiger charge is 2.34. The van der Waals surface area contributed by atoms with E-state index >= 15 is 0 Å². The number of rotatable bonds is 3. The van der Waals surface area contributed by atoms with E-state index in [0.717, 1.165) is 5.92 Å². The van der Waals surface area contributed by atoms with Gasteiger partial charge in [0.05, 0.1) is 7.17 Å².